The van der Waals surface area contributed by atoms with Crippen LogP contribution in [0.4, 0.5) is 5.69 Å². The van der Waals surface area contributed by atoms with Crippen LogP contribution in [-0.2, 0) is 25.7 Å². The summed E-state index contributed by atoms with van der Waals surface area (Å²) in [6, 6.07) is 14.2. The Morgan fingerprint density at radius 2 is 1.81 bits per heavy atom. The molecule has 0 aromatic heterocycles. The van der Waals surface area contributed by atoms with Crippen molar-refractivity contribution in [2.75, 3.05) is 25.5 Å². The number of nitrogens with zero attached hydrogens (tertiary/aromatic N) is 2. The average Bonchev–Trinajstić information content (AvgIpc) is 3.62. The zero-order valence-electron chi connectivity index (χ0n) is 23.6. The van der Waals surface area contributed by atoms with E-state index in [1.165, 1.54) is 12.0 Å². The fourth-order valence-electron chi connectivity index (χ4n) is 7.09. The first-order valence-corrected chi connectivity index (χ1v) is 15.5. The first-order chi connectivity index (χ1) is 20.3. The summed E-state index contributed by atoms with van der Waals surface area (Å²) < 4.78 is 6.47. The van der Waals surface area contributed by atoms with E-state index in [2.05, 4.69) is 27.7 Å². The van der Waals surface area contributed by atoms with Crippen molar-refractivity contribution in [3.8, 4) is 0 Å². The lowest BCUT2D eigenvalue weighted by Crippen LogP contribution is -2.57. The molecule has 8 nitrogen and oxygen atoms in total. The first kappa shape index (κ1) is 29.2. The second-order valence-electron chi connectivity index (χ2n) is 11.9. The van der Waals surface area contributed by atoms with Gasteiger partial charge in [-0.25, -0.2) is 0 Å². The molecule has 5 atom stereocenters. The normalized spacial score (nSPS) is 28.4. The van der Waals surface area contributed by atoms with Crippen LogP contribution in [-0.4, -0.2) is 71.4 Å². The van der Waals surface area contributed by atoms with Crippen LogP contribution in [0.1, 0.15) is 37.7 Å². The molecule has 42 heavy (non-hydrogen) atoms. The number of hydrogen-bond acceptors (Lipinski definition) is 5. The van der Waals surface area contributed by atoms with Crippen molar-refractivity contribution in [3.05, 3.63) is 76.3 Å². The number of carbonyl (C=O) groups is 3. The molecule has 0 unspecified atom stereocenters. The lowest BCUT2D eigenvalue weighted by Gasteiger charge is -2.34. The minimum atomic E-state index is -1.20. The van der Waals surface area contributed by atoms with Crippen molar-refractivity contribution in [1.82, 2.24) is 15.1 Å². The van der Waals surface area contributed by atoms with Crippen LogP contribution in [0.15, 0.2) is 60.7 Å². The topological polar surface area (TPSA) is 91.0 Å². The third-order valence-corrected chi connectivity index (χ3v) is 9.82. The van der Waals surface area contributed by atoms with Crippen molar-refractivity contribution in [2.45, 2.75) is 62.4 Å². The van der Waals surface area contributed by atoms with Gasteiger partial charge in [-0.05, 0) is 43.7 Å². The zero-order chi connectivity index (χ0) is 29.4. The summed E-state index contributed by atoms with van der Waals surface area (Å²) in [6.45, 7) is 1.61. The molecular weight excluding hydrogens is 575 g/mol. The van der Waals surface area contributed by atoms with Crippen LogP contribution in [0.3, 0.4) is 0 Å². The number of likely N-dealkylation sites (N-methyl/N-ethyl adjacent to an activating group) is 1. The van der Waals surface area contributed by atoms with Gasteiger partial charge in [0, 0.05) is 31.4 Å². The molecule has 3 fully saturated rings. The van der Waals surface area contributed by atoms with Crippen LogP contribution >= 0.6 is 23.2 Å². The lowest BCUT2D eigenvalue weighted by atomic mass is 9.74. The summed E-state index contributed by atoms with van der Waals surface area (Å²) in [5.74, 6) is -2.38. The highest BCUT2D eigenvalue weighted by Gasteiger charge is 2.72. The van der Waals surface area contributed by atoms with Gasteiger partial charge in [0.1, 0.15) is 11.6 Å². The van der Waals surface area contributed by atoms with Gasteiger partial charge in [0.15, 0.2) is 0 Å². The molecule has 2 bridgehead atoms. The Morgan fingerprint density at radius 3 is 2.55 bits per heavy atom. The van der Waals surface area contributed by atoms with Gasteiger partial charge in [0.25, 0.3) is 0 Å². The summed E-state index contributed by atoms with van der Waals surface area (Å²) in [5.41, 5.74) is 0.448. The van der Waals surface area contributed by atoms with Crippen LogP contribution < -0.4 is 10.6 Å². The predicted octanol–water partition coefficient (Wildman–Crippen LogP) is 4.66. The number of anilines is 1. The highest BCUT2D eigenvalue weighted by Crippen LogP contribution is 2.55. The second kappa shape index (κ2) is 12.0. The maximum atomic E-state index is 14.2. The van der Waals surface area contributed by atoms with E-state index in [0.29, 0.717) is 35.4 Å². The third-order valence-electron chi connectivity index (χ3n) is 9.08. The smallest absolute Gasteiger partial charge is 0.246 e. The Morgan fingerprint density at radius 1 is 1.05 bits per heavy atom. The number of fused-ring (bicyclic) bond motifs is 1. The van der Waals surface area contributed by atoms with E-state index >= 15 is 0 Å². The van der Waals surface area contributed by atoms with E-state index < -0.39 is 29.6 Å². The van der Waals surface area contributed by atoms with Gasteiger partial charge in [0.05, 0.1) is 28.0 Å². The highest BCUT2D eigenvalue weighted by molar-refractivity contribution is 6.42. The van der Waals surface area contributed by atoms with Crippen LogP contribution in [0.5, 0.6) is 0 Å². The summed E-state index contributed by atoms with van der Waals surface area (Å²) in [6.07, 6.45) is 8.25. The zero-order valence-corrected chi connectivity index (χ0v) is 25.1. The molecule has 2 saturated heterocycles. The quantitative estimate of drug-likeness (QED) is 0.403. The van der Waals surface area contributed by atoms with Gasteiger partial charge in [-0.15, -0.1) is 0 Å². The first-order valence-electron chi connectivity index (χ1n) is 14.7. The molecule has 1 spiro atoms. The predicted molar refractivity (Wildman–Crippen MR) is 162 cm³/mol. The molecular formula is C32H36Cl2N4O4. The van der Waals surface area contributed by atoms with Gasteiger partial charge >= 0.3 is 0 Å². The Balaban J connectivity index is 1.25. The average molecular weight is 612 g/mol. The SMILES string of the molecule is CN(CCN1C(=O)[C@@H]2[C@H](C(=O)Nc3ccc(Cl)c(Cl)c3)[C@@H]3C=C[C@@]2(O3)[C@@H]1C(=O)NC1CCCCC1)Cc1ccccc1. The van der Waals surface area contributed by atoms with Gasteiger partial charge in [0.2, 0.25) is 17.7 Å². The molecule has 1 aliphatic carbocycles. The fourth-order valence-corrected chi connectivity index (χ4v) is 7.39. The Kier molecular flexibility index (Phi) is 8.33. The molecule has 10 heteroatoms. The minimum Gasteiger partial charge on any atom is -0.359 e. The molecule has 3 heterocycles. The van der Waals surface area contributed by atoms with Gasteiger partial charge in [-0.1, -0.05) is 84.9 Å². The number of likely N-dealkylation sites (tertiary alicyclic amines) is 1. The van der Waals surface area contributed by atoms with Crippen molar-refractivity contribution in [2.24, 2.45) is 11.8 Å². The van der Waals surface area contributed by atoms with Gasteiger partial charge < -0.3 is 25.2 Å². The summed E-state index contributed by atoms with van der Waals surface area (Å²) in [4.78, 5) is 45.7. The number of amides is 3. The lowest BCUT2D eigenvalue weighted by molar-refractivity contribution is -0.141. The van der Waals surface area contributed by atoms with Crippen LogP contribution in [0.25, 0.3) is 0 Å². The molecule has 6 rings (SSSR count). The molecule has 2 aromatic carbocycles. The second-order valence-corrected chi connectivity index (χ2v) is 12.7. The Bertz CT molecular complexity index is 1380. The summed E-state index contributed by atoms with van der Waals surface area (Å²) in [7, 11) is 2.00. The minimum absolute atomic E-state index is 0.0794. The summed E-state index contributed by atoms with van der Waals surface area (Å²) in [5, 5.41) is 6.83. The molecule has 0 radical (unpaired) electrons. The van der Waals surface area contributed by atoms with Crippen molar-refractivity contribution in [1.29, 1.82) is 0 Å². The van der Waals surface area contributed by atoms with Crippen molar-refractivity contribution in [3.63, 3.8) is 0 Å². The van der Waals surface area contributed by atoms with E-state index in [9.17, 15) is 14.4 Å². The molecule has 222 valence electrons. The van der Waals surface area contributed by atoms with Crippen LogP contribution in [0.2, 0.25) is 10.0 Å². The van der Waals surface area contributed by atoms with Crippen molar-refractivity contribution >= 4 is 46.6 Å². The fraction of sp³-hybridized carbons (Fsp3) is 0.469. The maximum absolute atomic E-state index is 14.2. The molecule has 2 N–H and O–H groups in total. The monoisotopic (exact) mass is 610 g/mol. The van der Waals surface area contributed by atoms with Gasteiger partial charge in [-0.2, -0.15) is 0 Å². The third kappa shape index (κ3) is 5.46. The maximum Gasteiger partial charge on any atom is 0.246 e. The largest absolute Gasteiger partial charge is 0.359 e. The number of carbonyl (C=O) groups excluding carboxylic acids is 3. The molecule has 1 saturated carbocycles. The van der Waals surface area contributed by atoms with E-state index in [1.807, 2.05) is 37.4 Å². The standard InChI is InChI=1S/C32H36Cl2N4O4/c1-37(19-20-8-4-2-5-9-20)16-17-38-28(30(40)35-21-10-6-3-7-11-21)32-15-14-25(42-32)26(27(32)31(38)41)29(39)36-22-12-13-23(33)24(34)18-22/h2,4-5,8-9,12-15,18,21,25-28H,3,6-7,10-11,16-17,19H2,1H3,(H,35,40)(H,36,39)/t25-,26+,27-,28-,32-/m0/s1. The number of hydrogen-bond donors (Lipinski definition) is 2. The number of rotatable bonds is 9. The van der Waals surface area contributed by atoms with E-state index in [0.717, 1.165) is 25.7 Å². The van der Waals surface area contributed by atoms with E-state index in [1.54, 1.807) is 23.1 Å². The molecule has 2 aromatic rings. The highest BCUT2D eigenvalue weighted by atomic mass is 35.5. The Hall–Kier alpha value is -2.91. The number of ether oxygens (including phenoxy) is 1. The number of nitrogens with one attached hydrogen (secondary N) is 2. The van der Waals surface area contributed by atoms with E-state index in [4.69, 9.17) is 27.9 Å². The molecule has 4 aliphatic rings. The van der Waals surface area contributed by atoms with Gasteiger partial charge in [-0.3, -0.25) is 14.4 Å². The molecule has 3 amide bonds. The number of halogens is 2. The van der Waals surface area contributed by atoms with Crippen LogP contribution in [0, 0.1) is 11.8 Å². The Labute approximate surface area is 256 Å². The van der Waals surface area contributed by atoms with E-state index in [-0.39, 0.29) is 23.8 Å². The summed E-state index contributed by atoms with van der Waals surface area (Å²) >= 11 is 12.2. The van der Waals surface area contributed by atoms with Crippen molar-refractivity contribution < 1.29 is 19.1 Å². The molecule has 3 aliphatic heterocycles. The number of benzene rings is 2.